The minimum atomic E-state index is -0.454. The molecular formula is C26H28Cl2N4O2. The largest absolute Gasteiger partial charge is 0.375 e. The van der Waals surface area contributed by atoms with E-state index in [-0.39, 0.29) is 12.5 Å². The summed E-state index contributed by atoms with van der Waals surface area (Å²) in [4.78, 5) is 22.0. The number of pyridine rings is 1. The Bertz CT molecular complexity index is 1060. The van der Waals surface area contributed by atoms with E-state index in [9.17, 15) is 4.79 Å². The third-order valence-electron chi connectivity index (χ3n) is 5.80. The molecule has 1 aliphatic rings. The number of carbonyl (C=O) groups is 1. The molecule has 1 aromatic heterocycles. The van der Waals surface area contributed by atoms with Gasteiger partial charge >= 0.3 is 0 Å². The average molecular weight is 499 g/mol. The molecule has 1 aliphatic heterocycles. The van der Waals surface area contributed by atoms with Gasteiger partial charge in [-0.3, -0.25) is 10.1 Å². The molecule has 1 saturated heterocycles. The maximum Gasteiger partial charge on any atom is 0.242 e. The van der Waals surface area contributed by atoms with Gasteiger partial charge < -0.3 is 14.5 Å². The van der Waals surface area contributed by atoms with Crippen molar-refractivity contribution in [1.82, 2.24) is 15.2 Å². The van der Waals surface area contributed by atoms with Crippen LogP contribution in [0.15, 0.2) is 72.9 Å². The summed E-state index contributed by atoms with van der Waals surface area (Å²) in [5.74, 6) is 0.990. The van der Waals surface area contributed by atoms with Gasteiger partial charge in [-0.1, -0.05) is 65.7 Å². The highest BCUT2D eigenvalue weighted by atomic mass is 35.5. The lowest BCUT2D eigenvalue weighted by molar-refractivity contribution is -0.135. The zero-order valence-electron chi connectivity index (χ0n) is 18.9. The molecule has 0 saturated carbocycles. The van der Waals surface area contributed by atoms with Crippen LogP contribution in [0.1, 0.15) is 11.1 Å². The van der Waals surface area contributed by atoms with Gasteiger partial charge in [0.2, 0.25) is 5.91 Å². The smallest absolute Gasteiger partial charge is 0.242 e. The number of nitrogens with zero attached hydrogens (tertiary/aromatic N) is 3. The normalized spacial score (nSPS) is 14.8. The van der Waals surface area contributed by atoms with Crippen molar-refractivity contribution < 1.29 is 9.53 Å². The molecule has 2 heterocycles. The number of aromatic nitrogens is 1. The number of rotatable bonds is 9. The number of hydrogen-bond acceptors (Lipinski definition) is 5. The van der Waals surface area contributed by atoms with Gasteiger partial charge in [-0.05, 0) is 35.4 Å². The molecule has 178 valence electrons. The van der Waals surface area contributed by atoms with Crippen molar-refractivity contribution in [3.63, 3.8) is 0 Å². The van der Waals surface area contributed by atoms with Crippen LogP contribution in [0.3, 0.4) is 0 Å². The molecule has 0 aliphatic carbocycles. The third kappa shape index (κ3) is 6.70. The highest BCUT2D eigenvalue weighted by Gasteiger charge is 2.28. The number of amides is 1. The third-order valence-corrected chi connectivity index (χ3v) is 6.53. The highest BCUT2D eigenvalue weighted by Crippen LogP contribution is 2.23. The lowest BCUT2D eigenvalue weighted by Crippen LogP contribution is -2.55. The number of nitrogens with one attached hydrogen (secondary N) is 1. The van der Waals surface area contributed by atoms with E-state index in [1.165, 1.54) is 0 Å². The van der Waals surface area contributed by atoms with Crippen LogP contribution in [-0.2, 0) is 22.7 Å². The minimum Gasteiger partial charge on any atom is -0.375 e. The van der Waals surface area contributed by atoms with E-state index < -0.39 is 6.04 Å². The second-order valence-electron chi connectivity index (χ2n) is 8.18. The van der Waals surface area contributed by atoms with Crippen molar-refractivity contribution in [2.75, 3.05) is 37.7 Å². The molecule has 0 radical (unpaired) electrons. The molecule has 8 heteroatoms. The fourth-order valence-electron chi connectivity index (χ4n) is 3.90. The molecule has 1 atom stereocenters. The molecule has 1 N–H and O–H groups in total. The fraction of sp³-hybridized carbons (Fsp3) is 0.308. The Labute approximate surface area is 210 Å². The van der Waals surface area contributed by atoms with Gasteiger partial charge in [-0.25, -0.2) is 4.98 Å². The van der Waals surface area contributed by atoms with Crippen molar-refractivity contribution in [2.45, 2.75) is 19.2 Å². The standard InChI is InChI=1S/C26H28Cl2N4O2/c27-22-10-9-21(16-23(22)28)18-34-19-24(30-17-20-6-2-1-3-7-20)26(33)32-14-12-31(13-15-32)25-8-4-5-11-29-25/h1-11,16,24,30H,12-15,17-19H2. The molecular weight excluding hydrogens is 471 g/mol. The van der Waals surface area contributed by atoms with Crippen LogP contribution in [0.4, 0.5) is 5.82 Å². The number of halogens is 2. The number of anilines is 1. The van der Waals surface area contributed by atoms with Crippen LogP contribution in [0, 0.1) is 0 Å². The van der Waals surface area contributed by atoms with Crippen LogP contribution in [0.2, 0.25) is 10.0 Å². The lowest BCUT2D eigenvalue weighted by atomic mass is 10.2. The van der Waals surface area contributed by atoms with Crippen molar-refractivity contribution in [2.24, 2.45) is 0 Å². The molecule has 0 bridgehead atoms. The Morgan fingerprint density at radius 1 is 0.941 bits per heavy atom. The average Bonchev–Trinajstić information content (AvgIpc) is 2.89. The zero-order valence-corrected chi connectivity index (χ0v) is 20.4. The Kier molecular flexibility index (Phi) is 8.77. The monoisotopic (exact) mass is 498 g/mol. The zero-order chi connectivity index (χ0) is 23.8. The van der Waals surface area contributed by atoms with E-state index in [4.69, 9.17) is 27.9 Å². The molecule has 1 fully saturated rings. The van der Waals surface area contributed by atoms with Crippen LogP contribution >= 0.6 is 23.2 Å². The summed E-state index contributed by atoms with van der Waals surface area (Å²) in [6, 6.07) is 20.9. The van der Waals surface area contributed by atoms with Gasteiger partial charge in [-0.15, -0.1) is 0 Å². The van der Waals surface area contributed by atoms with Gasteiger partial charge in [0.1, 0.15) is 11.9 Å². The Morgan fingerprint density at radius 3 is 2.41 bits per heavy atom. The molecule has 0 spiro atoms. The van der Waals surface area contributed by atoms with Crippen LogP contribution in [-0.4, -0.2) is 54.6 Å². The first-order valence-electron chi connectivity index (χ1n) is 11.3. The summed E-state index contributed by atoms with van der Waals surface area (Å²) in [6.45, 7) is 3.98. The fourth-order valence-corrected chi connectivity index (χ4v) is 4.22. The first-order chi connectivity index (χ1) is 16.6. The first kappa shape index (κ1) is 24.5. The quantitative estimate of drug-likeness (QED) is 0.473. The molecule has 1 unspecified atom stereocenters. The molecule has 4 rings (SSSR count). The van der Waals surface area contributed by atoms with Gasteiger partial charge in [0.15, 0.2) is 0 Å². The van der Waals surface area contributed by atoms with Crippen LogP contribution in [0.5, 0.6) is 0 Å². The van der Waals surface area contributed by atoms with Gasteiger partial charge in [0, 0.05) is 38.9 Å². The Balaban J connectivity index is 1.36. The van der Waals surface area contributed by atoms with E-state index in [0.29, 0.717) is 36.3 Å². The summed E-state index contributed by atoms with van der Waals surface area (Å²) in [5.41, 5.74) is 2.03. The summed E-state index contributed by atoms with van der Waals surface area (Å²) < 4.78 is 5.94. The topological polar surface area (TPSA) is 57.7 Å². The Morgan fingerprint density at radius 2 is 1.71 bits per heavy atom. The lowest BCUT2D eigenvalue weighted by Gasteiger charge is -2.37. The van der Waals surface area contributed by atoms with E-state index in [1.54, 1.807) is 18.3 Å². The van der Waals surface area contributed by atoms with Crippen molar-refractivity contribution in [3.05, 3.63) is 94.1 Å². The molecule has 1 amide bonds. The first-order valence-corrected chi connectivity index (χ1v) is 12.1. The van der Waals surface area contributed by atoms with Crippen LogP contribution < -0.4 is 10.2 Å². The van der Waals surface area contributed by atoms with Gasteiger partial charge in [-0.2, -0.15) is 0 Å². The highest BCUT2D eigenvalue weighted by molar-refractivity contribution is 6.42. The van der Waals surface area contributed by atoms with Gasteiger partial charge in [0.05, 0.1) is 23.3 Å². The number of benzene rings is 2. The number of piperazine rings is 1. The summed E-state index contributed by atoms with van der Waals surface area (Å²) >= 11 is 12.1. The maximum atomic E-state index is 13.4. The van der Waals surface area contributed by atoms with Crippen LogP contribution in [0.25, 0.3) is 0 Å². The van der Waals surface area contributed by atoms with E-state index in [0.717, 1.165) is 30.0 Å². The number of hydrogen-bond donors (Lipinski definition) is 1. The molecule has 34 heavy (non-hydrogen) atoms. The SMILES string of the molecule is O=C(C(COCc1ccc(Cl)c(Cl)c1)NCc1ccccc1)N1CCN(c2ccccn2)CC1. The van der Waals surface area contributed by atoms with Crippen molar-refractivity contribution in [1.29, 1.82) is 0 Å². The predicted molar refractivity (Wildman–Crippen MR) is 136 cm³/mol. The number of ether oxygens (including phenoxy) is 1. The van der Waals surface area contributed by atoms with Crippen molar-refractivity contribution >= 4 is 34.9 Å². The number of carbonyl (C=O) groups excluding carboxylic acids is 1. The second-order valence-corrected chi connectivity index (χ2v) is 9.00. The minimum absolute atomic E-state index is 0.0470. The predicted octanol–water partition coefficient (Wildman–Crippen LogP) is 4.41. The molecule has 2 aromatic carbocycles. The summed E-state index contributed by atoms with van der Waals surface area (Å²) in [7, 11) is 0. The molecule has 6 nitrogen and oxygen atoms in total. The van der Waals surface area contributed by atoms with E-state index in [2.05, 4.69) is 15.2 Å². The summed E-state index contributed by atoms with van der Waals surface area (Å²) in [6.07, 6.45) is 1.79. The Hall–Kier alpha value is -2.64. The second kappa shape index (κ2) is 12.2. The van der Waals surface area contributed by atoms with Crippen molar-refractivity contribution in [3.8, 4) is 0 Å². The van der Waals surface area contributed by atoms with E-state index in [1.807, 2.05) is 59.5 Å². The summed E-state index contributed by atoms with van der Waals surface area (Å²) in [5, 5.41) is 4.39. The maximum absolute atomic E-state index is 13.4. The molecule has 3 aromatic rings. The van der Waals surface area contributed by atoms with E-state index >= 15 is 0 Å². The van der Waals surface area contributed by atoms with Gasteiger partial charge in [0.25, 0.3) is 0 Å².